The van der Waals surface area contributed by atoms with Gasteiger partial charge in [-0.05, 0) is 31.7 Å². The summed E-state index contributed by atoms with van der Waals surface area (Å²) in [5.74, 6) is 5.75. The van der Waals surface area contributed by atoms with E-state index in [-0.39, 0.29) is 11.7 Å². The second kappa shape index (κ2) is 5.46. The van der Waals surface area contributed by atoms with Crippen molar-refractivity contribution < 1.29 is 8.63 Å². The van der Waals surface area contributed by atoms with Crippen molar-refractivity contribution in [1.29, 1.82) is 0 Å². The Balaban J connectivity index is 1.74. The van der Waals surface area contributed by atoms with E-state index >= 15 is 0 Å². The molecule has 2 N–H and O–H groups in total. The molecule has 2 aromatic rings. The normalized spacial score (nSPS) is 29.7. The first kappa shape index (κ1) is 16.9. The molecule has 1 unspecified atom stereocenters. The van der Waals surface area contributed by atoms with E-state index in [0.29, 0.717) is 22.7 Å². The Labute approximate surface area is 155 Å². The Hall–Kier alpha value is -1.58. The van der Waals surface area contributed by atoms with E-state index in [2.05, 4.69) is 21.1 Å². The number of guanidine groups is 1. The van der Waals surface area contributed by atoms with Gasteiger partial charge < -0.3 is 10.2 Å². The van der Waals surface area contributed by atoms with Crippen LogP contribution in [-0.4, -0.2) is 43.3 Å². The van der Waals surface area contributed by atoms with Crippen molar-refractivity contribution in [3.63, 3.8) is 0 Å². The number of halogens is 1. The average molecular weight is 400 g/mol. The van der Waals surface area contributed by atoms with Crippen LogP contribution in [0.2, 0.25) is 5.02 Å². The molecule has 0 amide bonds. The minimum Gasteiger partial charge on any atom is -0.420 e. The predicted molar refractivity (Wildman–Crippen MR) is 101 cm³/mol. The first-order chi connectivity index (χ1) is 11.7. The average Bonchev–Trinajstić information content (AvgIpc) is 3.11. The number of nitrogens with two attached hydrogens (primary N) is 1. The van der Waals surface area contributed by atoms with Gasteiger partial charge in [-0.15, -0.1) is 21.5 Å². The molecule has 25 heavy (non-hydrogen) atoms. The molecule has 0 spiro atoms. The monoisotopic (exact) mass is 399 g/mol. The molecule has 0 radical (unpaired) electrons. The second-order valence-electron chi connectivity index (χ2n) is 6.67. The summed E-state index contributed by atoms with van der Waals surface area (Å²) >= 11 is 7.87. The van der Waals surface area contributed by atoms with Crippen LogP contribution >= 0.6 is 22.9 Å². The highest BCUT2D eigenvalue weighted by molar-refractivity contribution is 7.98. The van der Waals surface area contributed by atoms with Gasteiger partial charge >= 0.3 is 0 Å². The third kappa shape index (κ3) is 2.84. The summed E-state index contributed by atoms with van der Waals surface area (Å²) in [7, 11) is -0.931. The van der Waals surface area contributed by atoms with Gasteiger partial charge in [0.15, 0.2) is 0 Å². The summed E-state index contributed by atoms with van der Waals surface area (Å²) in [6, 6.07) is 1.78. The number of hydrogen-bond donors (Lipinski definition) is 1. The predicted octanol–water partition coefficient (Wildman–Crippen LogP) is 2.44. The summed E-state index contributed by atoms with van der Waals surface area (Å²) < 4.78 is 20.0. The van der Waals surface area contributed by atoms with Gasteiger partial charge in [0, 0.05) is 13.0 Å². The molecular weight excluding hydrogens is 382 g/mol. The van der Waals surface area contributed by atoms with E-state index in [9.17, 15) is 4.21 Å². The van der Waals surface area contributed by atoms with Crippen LogP contribution < -0.4 is 5.73 Å². The van der Waals surface area contributed by atoms with Crippen LogP contribution in [0.5, 0.6) is 0 Å². The maximum atomic E-state index is 12.8. The van der Waals surface area contributed by atoms with Crippen LogP contribution in [0.25, 0.3) is 10.8 Å². The van der Waals surface area contributed by atoms with E-state index in [1.165, 1.54) is 15.6 Å². The Morgan fingerprint density at radius 3 is 2.88 bits per heavy atom. The number of rotatable bonds is 3. The van der Waals surface area contributed by atoms with Crippen molar-refractivity contribution in [3.05, 3.63) is 21.9 Å². The minimum absolute atomic E-state index is 0.188. The molecule has 10 heteroatoms. The molecule has 2 atom stereocenters. The van der Waals surface area contributed by atoms with Crippen LogP contribution in [0.15, 0.2) is 15.5 Å². The van der Waals surface area contributed by atoms with Crippen LogP contribution in [0.1, 0.15) is 36.5 Å². The number of aromatic nitrogens is 2. The van der Waals surface area contributed by atoms with Gasteiger partial charge in [-0.1, -0.05) is 11.6 Å². The maximum Gasteiger partial charge on any atom is 0.257 e. The quantitative estimate of drug-likeness (QED) is 0.799. The Kier molecular flexibility index (Phi) is 3.68. The summed E-state index contributed by atoms with van der Waals surface area (Å²) in [6.07, 6.45) is 2.19. The highest BCUT2D eigenvalue weighted by Gasteiger charge is 2.40. The van der Waals surface area contributed by atoms with Crippen LogP contribution in [-0.2, 0) is 15.2 Å². The van der Waals surface area contributed by atoms with Crippen molar-refractivity contribution in [3.8, 4) is 10.8 Å². The van der Waals surface area contributed by atoms with Crippen molar-refractivity contribution in [2.75, 3.05) is 12.8 Å². The lowest BCUT2D eigenvalue weighted by atomic mass is 10.0. The molecule has 2 aliphatic rings. The lowest BCUT2D eigenvalue weighted by Crippen LogP contribution is -2.50. The van der Waals surface area contributed by atoms with Crippen molar-refractivity contribution in [2.24, 2.45) is 10.7 Å². The fourth-order valence-corrected chi connectivity index (χ4v) is 6.16. The number of hydrogen-bond acceptors (Lipinski definition) is 7. The van der Waals surface area contributed by atoms with Crippen LogP contribution in [0.3, 0.4) is 0 Å². The van der Waals surface area contributed by atoms with Crippen LogP contribution in [0, 0.1) is 0 Å². The summed E-state index contributed by atoms with van der Waals surface area (Å²) in [4.78, 5) is 6.07. The maximum absolute atomic E-state index is 12.8. The molecule has 0 bridgehead atoms. The van der Waals surface area contributed by atoms with Gasteiger partial charge in [0.1, 0.15) is 5.54 Å². The third-order valence-corrected chi connectivity index (χ3v) is 8.43. The first-order valence-electron chi connectivity index (χ1n) is 7.77. The molecule has 2 aromatic heterocycles. The molecule has 0 aromatic carbocycles. The standard InChI is InChI=1S/C15H18ClN5O2S2/c1-15(7-25(3,22)21(2)14(17)18-15)11-9(16)6-10(24-11)13-20-19-12(23-13)8-4-5-8/h6,8H,3-5,7H2,1-2H3,(H2,17,18)/t15-,25?/m0/s1. The fourth-order valence-electron chi connectivity index (χ4n) is 2.85. The Bertz CT molecular complexity index is 976. The summed E-state index contributed by atoms with van der Waals surface area (Å²) in [6.45, 7) is 1.86. The van der Waals surface area contributed by atoms with E-state index in [0.717, 1.165) is 22.6 Å². The van der Waals surface area contributed by atoms with Gasteiger partial charge in [0.05, 0.1) is 30.2 Å². The van der Waals surface area contributed by atoms with E-state index < -0.39 is 15.2 Å². The molecule has 1 fully saturated rings. The van der Waals surface area contributed by atoms with Gasteiger partial charge in [0.25, 0.3) is 5.89 Å². The van der Waals surface area contributed by atoms with Crippen molar-refractivity contribution in [1.82, 2.24) is 14.5 Å². The Morgan fingerprint density at radius 1 is 1.52 bits per heavy atom. The molecule has 4 rings (SSSR count). The van der Waals surface area contributed by atoms with E-state index in [1.807, 2.05) is 6.92 Å². The Morgan fingerprint density at radius 2 is 2.24 bits per heavy atom. The summed E-state index contributed by atoms with van der Waals surface area (Å²) in [5.41, 5.74) is 5.15. The smallest absolute Gasteiger partial charge is 0.257 e. The molecule has 1 saturated carbocycles. The molecule has 7 nitrogen and oxygen atoms in total. The molecule has 134 valence electrons. The zero-order chi connectivity index (χ0) is 18.0. The third-order valence-electron chi connectivity index (χ3n) is 4.44. The van der Waals surface area contributed by atoms with Crippen LogP contribution in [0.4, 0.5) is 0 Å². The summed E-state index contributed by atoms with van der Waals surface area (Å²) in [5, 5.41) is 8.75. The van der Waals surface area contributed by atoms with Crippen molar-refractivity contribution in [2.45, 2.75) is 31.2 Å². The zero-order valence-corrected chi connectivity index (χ0v) is 16.2. The lowest BCUT2D eigenvalue weighted by Gasteiger charge is -2.36. The molecule has 3 heterocycles. The number of aliphatic imine (C=N–C) groups is 1. The van der Waals surface area contributed by atoms with Crippen molar-refractivity contribution >= 4 is 44.5 Å². The van der Waals surface area contributed by atoms with Gasteiger partial charge in [-0.25, -0.2) is 9.20 Å². The fraction of sp³-hybridized carbons (Fsp3) is 0.467. The van der Waals surface area contributed by atoms with Gasteiger partial charge in [0.2, 0.25) is 11.9 Å². The SMILES string of the molecule is C=S1(=O)C[C@@](C)(c2sc(-c3nnc(C4CC4)o3)cc2Cl)N=C(N)N1C. The molecule has 1 aliphatic heterocycles. The molecule has 0 saturated heterocycles. The molecule has 1 aliphatic carbocycles. The largest absolute Gasteiger partial charge is 0.420 e. The van der Waals surface area contributed by atoms with Gasteiger partial charge in [-0.2, -0.15) is 0 Å². The highest BCUT2D eigenvalue weighted by atomic mass is 35.5. The number of nitrogens with zero attached hydrogens (tertiary/aromatic N) is 4. The topological polar surface area (TPSA) is 97.6 Å². The highest BCUT2D eigenvalue weighted by Crippen LogP contribution is 2.45. The second-order valence-corrected chi connectivity index (χ2v) is 10.5. The van der Waals surface area contributed by atoms with Gasteiger partial charge in [-0.3, -0.25) is 4.31 Å². The molecular formula is C15H18ClN5O2S2. The zero-order valence-electron chi connectivity index (χ0n) is 13.9. The first-order valence-corrected chi connectivity index (χ1v) is 10.8. The van der Waals surface area contributed by atoms with E-state index in [4.69, 9.17) is 21.8 Å². The lowest BCUT2D eigenvalue weighted by molar-refractivity contribution is 0.509. The van der Waals surface area contributed by atoms with E-state index in [1.54, 1.807) is 13.1 Å². The number of thiophene rings is 1. The minimum atomic E-state index is -2.56.